The Morgan fingerprint density at radius 1 is 0.440 bits per heavy atom. The molecule has 0 aliphatic heterocycles. The molecular weight excluding hydrogens is 948 g/mol. The van der Waals surface area contributed by atoms with Crippen LogP contribution in [0.4, 0.5) is 0 Å². The summed E-state index contributed by atoms with van der Waals surface area (Å²) in [4.78, 5) is 29.2. The lowest BCUT2D eigenvalue weighted by Gasteiger charge is -2.38. The molecular formula is C66H83N2O6P+2. The zero-order valence-corrected chi connectivity index (χ0v) is 47.6. The van der Waals surface area contributed by atoms with E-state index in [0.717, 1.165) is 43.9 Å². The Kier molecular flexibility index (Phi) is 18.6. The molecule has 2 aromatic heterocycles. The lowest BCUT2D eigenvalue weighted by atomic mass is 9.64. The predicted molar refractivity (Wildman–Crippen MR) is 305 cm³/mol. The van der Waals surface area contributed by atoms with Crippen molar-refractivity contribution >= 4 is 7.94 Å². The number of pyridine rings is 2. The van der Waals surface area contributed by atoms with Gasteiger partial charge in [-0.05, 0) is 136 Å². The van der Waals surface area contributed by atoms with Crippen molar-refractivity contribution < 1.29 is 38.0 Å². The largest absolute Gasteiger partial charge is 0.632 e. The van der Waals surface area contributed by atoms with Crippen molar-refractivity contribution in [3.05, 3.63) is 214 Å². The van der Waals surface area contributed by atoms with Gasteiger partial charge in [-0.25, -0.2) is 18.9 Å². The molecule has 0 aliphatic rings. The van der Waals surface area contributed by atoms with Crippen molar-refractivity contribution in [2.45, 2.75) is 137 Å². The zero-order valence-electron chi connectivity index (χ0n) is 46.7. The second-order valence-electron chi connectivity index (χ2n) is 23.5. The molecule has 0 saturated carbocycles. The minimum atomic E-state index is -3.90. The molecule has 396 valence electrons. The maximum Gasteiger partial charge on any atom is 0.230 e. The summed E-state index contributed by atoms with van der Waals surface area (Å²) in [5.74, 6) is 1.61. The van der Waals surface area contributed by atoms with Crippen molar-refractivity contribution in [2.24, 2.45) is 0 Å². The molecule has 75 heavy (non-hydrogen) atoms. The number of aryl methyl sites for hydroxylation is 3. The molecule has 0 atom stereocenters. The molecule has 7 rings (SSSR count). The second kappa shape index (κ2) is 24.5. The Morgan fingerprint density at radius 2 is 0.800 bits per heavy atom. The molecule has 8 nitrogen and oxygen atoms in total. The number of hydrogen-bond donors (Lipinski definition) is 2. The summed E-state index contributed by atoms with van der Waals surface area (Å²) in [5.41, 5.74) is 14.3. The average Bonchev–Trinajstić information content (AvgIpc) is 3.35. The van der Waals surface area contributed by atoms with Gasteiger partial charge in [-0.1, -0.05) is 147 Å². The van der Waals surface area contributed by atoms with Gasteiger partial charge >= 0.3 is 0 Å². The molecule has 2 heterocycles. The molecule has 0 fully saturated rings. The zero-order chi connectivity index (χ0) is 54.0. The Labute approximate surface area is 449 Å². The van der Waals surface area contributed by atoms with Gasteiger partial charge < -0.3 is 19.1 Å². The Balaban J connectivity index is 0.925. The topological polar surface area (TPSA) is 99.0 Å². The number of aromatic nitrogens is 2. The Bertz CT molecular complexity index is 2770. The fraction of sp³-hybridized carbons (Fsp3) is 0.394. The van der Waals surface area contributed by atoms with Crippen molar-refractivity contribution in [3.63, 3.8) is 0 Å². The number of nitrogens with zero attached hydrogens (tertiary/aromatic N) is 2. The van der Waals surface area contributed by atoms with Gasteiger partial charge in [-0.15, -0.1) is 0 Å². The number of rotatable bonds is 22. The fourth-order valence-corrected chi connectivity index (χ4v) is 10.7. The van der Waals surface area contributed by atoms with E-state index in [4.69, 9.17) is 24.0 Å². The third-order valence-corrected chi connectivity index (χ3v) is 15.4. The van der Waals surface area contributed by atoms with Crippen molar-refractivity contribution in [1.29, 1.82) is 0 Å². The van der Waals surface area contributed by atoms with E-state index in [2.05, 4.69) is 231 Å². The van der Waals surface area contributed by atoms with Crippen LogP contribution in [0.15, 0.2) is 158 Å². The minimum Gasteiger partial charge on any atom is -0.632 e. The van der Waals surface area contributed by atoms with Gasteiger partial charge in [0.05, 0.1) is 18.6 Å². The molecule has 0 bridgehead atoms. The fourth-order valence-electron chi connectivity index (χ4n) is 10.0. The molecule has 0 saturated heterocycles. The minimum absolute atomic E-state index is 0.0266. The van der Waals surface area contributed by atoms with Gasteiger partial charge in [0, 0.05) is 35.2 Å². The Hall–Kier alpha value is -5.73. The van der Waals surface area contributed by atoms with E-state index < -0.39 is 13.4 Å². The highest BCUT2D eigenvalue weighted by molar-refractivity contribution is 7.57. The maximum atomic E-state index is 11.1. The molecule has 0 aliphatic carbocycles. The van der Waals surface area contributed by atoms with Gasteiger partial charge in [0.25, 0.3) is 0 Å². The van der Waals surface area contributed by atoms with Crippen LogP contribution in [0.5, 0.6) is 11.5 Å². The molecule has 0 spiro atoms. The Morgan fingerprint density at radius 3 is 1.20 bits per heavy atom. The lowest BCUT2D eigenvalue weighted by molar-refractivity contribution is -0.697. The van der Waals surface area contributed by atoms with Crippen LogP contribution < -0.4 is 23.5 Å². The van der Waals surface area contributed by atoms with Gasteiger partial charge in [0.1, 0.15) is 37.4 Å². The first-order valence-corrected chi connectivity index (χ1v) is 28.7. The van der Waals surface area contributed by atoms with E-state index >= 15 is 0 Å². The van der Waals surface area contributed by atoms with Crippen LogP contribution in [-0.2, 0) is 39.5 Å². The average molecular weight is 1030 g/mol. The van der Waals surface area contributed by atoms with Crippen LogP contribution in [0.2, 0.25) is 0 Å². The molecule has 5 aromatic carbocycles. The first-order chi connectivity index (χ1) is 35.5. The van der Waals surface area contributed by atoms with Gasteiger partial charge in [-0.3, -0.25) is 0 Å². The number of ether oxygens (including phenoxy) is 3. The van der Waals surface area contributed by atoms with E-state index in [1.807, 2.05) is 12.1 Å². The summed E-state index contributed by atoms with van der Waals surface area (Å²) in [5, 5.41) is 0. The number of unbranched alkanes of at least 4 members (excludes halogenated alkanes) is 3. The summed E-state index contributed by atoms with van der Waals surface area (Å²) in [7, 11) is -3.90. The second-order valence-corrected chi connectivity index (χ2v) is 25.3. The van der Waals surface area contributed by atoms with Crippen LogP contribution in [0, 0.1) is 13.8 Å². The van der Waals surface area contributed by atoms with Crippen LogP contribution >= 0.6 is 7.94 Å². The quantitative estimate of drug-likeness (QED) is 0.0304. The molecule has 0 amide bonds. The highest BCUT2D eigenvalue weighted by Gasteiger charge is 2.39. The van der Waals surface area contributed by atoms with Crippen molar-refractivity contribution in [2.75, 3.05) is 32.6 Å². The van der Waals surface area contributed by atoms with Crippen molar-refractivity contribution in [3.8, 4) is 22.6 Å². The number of hydrogen-bond acceptors (Lipinski definition) is 6. The van der Waals surface area contributed by atoms with E-state index in [9.17, 15) is 4.89 Å². The summed E-state index contributed by atoms with van der Waals surface area (Å²) in [6, 6.07) is 49.1. The normalized spacial score (nSPS) is 12.5. The third-order valence-electron chi connectivity index (χ3n) is 14.5. The predicted octanol–water partition coefficient (Wildman–Crippen LogP) is 13.0. The summed E-state index contributed by atoms with van der Waals surface area (Å²) in [6.45, 7) is 28.1. The SMILES string of the molecule is Cc1c[n+](CCCCCC[P+]([O-])(O)O)ccc1-c1cc[n+](Cc2ccc(OCCOCCOc3ccc(C(c4ccc(C(C)(C)C)cc4)(c4ccc(C(C)(C)C)cc4)c4ccc(C(C)(C)C)cc4)cc3)cc2)cc1C. The van der Waals surface area contributed by atoms with Crippen LogP contribution in [0.25, 0.3) is 11.1 Å². The third kappa shape index (κ3) is 15.2. The number of benzene rings is 5. The molecule has 7 aromatic rings. The maximum absolute atomic E-state index is 11.1. The summed E-state index contributed by atoms with van der Waals surface area (Å²) in [6.07, 6.45) is 12.0. The first-order valence-electron chi connectivity index (χ1n) is 26.9. The van der Waals surface area contributed by atoms with Gasteiger partial charge in [-0.2, -0.15) is 0 Å². The van der Waals surface area contributed by atoms with Crippen molar-refractivity contribution in [1.82, 2.24) is 0 Å². The van der Waals surface area contributed by atoms with E-state index in [1.54, 1.807) is 0 Å². The lowest BCUT2D eigenvalue weighted by Crippen LogP contribution is -2.34. The van der Waals surface area contributed by atoms with E-state index in [1.165, 1.54) is 66.8 Å². The van der Waals surface area contributed by atoms with Crippen LogP contribution in [0.3, 0.4) is 0 Å². The van der Waals surface area contributed by atoms with Gasteiger partial charge in [0.15, 0.2) is 31.3 Å². The molecule has 2 N–H and O–H groups in total. The van der Waals surface area contributed by atoms with Crippen LogP contribution in [-0.4, -0.2) is 42.4 Å². The standard InChI is InChI=1S/C66H81N2O6P/c1-49-46-67(38-14-12-13-15-45-75(69,70)71)39-36-61(49)62-37-40-68(47-50(62)2)48-51-16-32-59(33-17-51)73-43-41-72-42-44-74-60-34-30-58(31-35-60)66(55-24-18-52(19-25-55)63(3,4)5,56-26-20-53(21-27-56)64(6,7)8)57-28-22-54(23-29-57)65(9,10)11/h16-37,39-40,46-47H,12-15,38,41-45,48H2,1-11H3/p+2. The first kappa shape index (κ1) is 57.0. The monoisotopic (exact) mass is 1030 g/mol. The molecule has 0 unspecified atom stereocenters. The van der Waals surface area contributed by atoms with Crippen LogP contribution in [0.1, 0.15) is 144 Å². The highest BCUT2D eigenvalue weighted by atomic mass is 31.2. The van der Waals surface area contributed by atoms with E-state index in [0.29, 0.717) is 32.8 Å². The smallest absolute Gasteiger partial charge is 0.230 e. The summed E-state index contributed by atoms with van der Waals surface area (Å²) >= 11 is 0. The van der Waals surface area contributed by atoms with Gasteiger partial charge in [0.2, 0.25) is 7.94 Å². The molecule has 9 heteroatoms. The van der Waals surface area contributed by atoms with E-state index in [-0.39, 0.29) is 22.4 Å². The summed E-state index contributed by atoms with van der Waals surface area (Å²) < 4.78 is 22.7. The highest BCUT2D eigenvalue weighted by Crippen LogP contribution is 2.47. The molecule has 0 radical (unpaired) electrons.